The van der Waals surface area contributed by atoms with Crippen LogP contribution in [0.15, 0.2) is 4.52 Å². The monoisotopic (exact) mass is 275 g/mol. The average Bonchev–Trinajstić information content (AvgIpc) is 2.90. The van der Waals surface area contributed by atoms with E-state index < -0.39 is 0 Å². The number of nitrogens with zero attached hydrogens (tertiary/aromatic N) is 2. The summed E-state index contributed by atoms with van der Waals surface area (Å²) in [6.07, 6.45) is 8.43. The van der Waals surface area contributed by atoms with Crippen molar-refractivity contribution in [2.45, 2.75) is 51.5 Å². The number of hydrogen-bond acceptors (Lipinski definition) is 4. The molecule has 1 unspecified atom stereocenters. The Bertz CT molecular complexity index is 456. The van der Waals surface area contributed by atoms with Crippen molar-refractivity contribution in [3.05, 3.63) is 11.7 Å². The van der Waals surface area contributed by atoms with Crippen LogP contribution in [0.25, 0.3) is 0 Å². The molecule has 1 heterocycles. The first kappa shape index (κ1) is 12.8. The highest BCUT2D eigenvalue weighted by molar-refractivity contribution is 5.02. The van der Waals surface area contributed by atoms with Gasteiger partial charge in [0.25, 0.3) is 0 Å². The van der Waals surface area contributed by atoms with Crippen molar-refractivity contribution >= 4 is 0 Å². The molecule has 4 aliphatic carbocycles. The van der Waals surface area contributed by atoms with Gasteiger partial charge in [-0.2, -0.15) is 4.98 Å². The van der Waals surface area contributed by atoms with E-state index in [1.807, 2.05) is 7.05 Å². The molecular formula is C16H25N3O. The second kappa shape index (κ2) is 4.83. The van der Waals surface area contributed by atoms with Gasteiger partial charge in [0.15, 0.2) is 5.82 Å². The fraction of sp³-hybridized carbons (Fsp3) is 0.875. The van der Waals surface area contributed by atoms with Crippen molar-refractivity contribution < 1.29 is 4.52 Å². The smallest absolute Gasteiger partial charge is 0.243 e. The van der Waals surface area contributed by atoms with Gasteiger partial charge in [0.2, 0.25) is 5.89 Å². The van der Waals surface area contributed by atoms with Crippen molar-refractivity contribution in [2.24, 2.45) is 29.6 Å². The van der Waals surface area contributed by atoms with Crippen molar-refractivity contribution in [3.63, 3.8) is 0 Å². The molecule has 5 rings (SSSR count). The van der Waals surface area contributed by atoms with Crippen molar-refractivity contribution in [2.75, 3.05) is 7.05 Å². The molecule has 20 heavy (non-hydrogen) atoms. The van der Waals surface area contributed by atoms with Crippen LogP contribution in [0.5, 0.6) is 0 Å². The molecule has 4 bridgehead atoms. The molecule has 0 saturated heterocycles. The third-order valence-electron chi connectivity index (χ3n) is 6.13. The van der Waals surface area contributed by atoms with E-state index in [4.69, 9.17) is 4.52 Å². The summed E-state index contributed by atoms with van der Waals surface area (Å²) in [6.45, 7) is 2.06. The van der Waals surface area contributed by atoms with Crippen LogP contribution >= 0.6 is 0 Å². The minimum absolute atomic E-state index is 0.148. The molecule has 4 aliphatic rings. The van der Waals surface area contributed by atoms with E-state index >= 15 is 0 Å². The van der Waals surface area contributed by atoms with Crippen LogP contribution in [-0.4, -0.2) is 17.2 Å². The Morgan fingerprint density at radius 3 is 2.40 bits per heavy atom. The topological polar surface area (TPSA) is 51.0 Å². The Kier molecular flexibility index (Phi) is 3.09. The maximum atomic E-state index is 5.39. The van der Waals surface area contributed by atoms with Gasteiger partial charge in [0.05, 0.1) is 6.04 Å². The van der Waals surface area contributed by atoms with Gasteiger partial charge in [-0.15, -0.1) is 0 Å². The highest BCUT2D eigenvalue weighted by atomic mass is 16.5. The zero-order valence-electron chi connectivity index (χ0n) is 12.5. The van der Waals surface area contributed by atoms with Gasteiger partial charge in [0.1, 0.15) is 0 Å². The lowest BCUT2D eigenvalue weighted by Gasteiger charge is -2.54. The van der Waals surface area contributed by atoms with E-state index in [1.165, 1.54) is 32.1 Å². The number of hydrogen-bond donors (Lipinski definition) is 1. The van der Waals surface area contributed by atoms with Crippen LogP contribution in [0.2, 0.25) is 0 Å². The largest absolute Gasteiger partial charge is 0.338 e. The van der Waals surface area contributed by atoms with Gasteiger partial charge in [-0.3, -0.25) is 0 Å². The van der Waals surface area contributed by atoms with Crippen LogP contribution in [0.1, 0.15) is 56.8 Å². The maximum absolute atomic E-state index is 5.39. The minimum Gasteiger partial charge on any atom is -0.338 e. The fourth-order valence-electron chi connectivity index (χ4n) is 5.23. The molecule has 4 nitrogen and oxygen atoms in total. The molecule has 1 aromatic heterocycles. The van der Waals surface area contributed by atoms with Gasteiger partial charge in [-0.1, -0.05) is 5.16 Å². The molecule has 0 spiro atoms. The van der Waals surface area contributed by atoms with Crippen LogP contribution in [0.3, 0.4) is 0 Å². The molecule has 1 aromatic rings. The van der Waals surface area contributed by atoms with E-state index in [9.17, 15) is 0 Å². The maximum Gasteiger partial charge on any atom is 0.243 e. The normalized spacial score (nSPS) is 40.2. The third kappa shape index (κ3) is 2.09. The Morgan fingerprint density at radius 2 is 1.80 bits per heavy atom. The van der Waals surface area contributed by atoms with E-state index in [0.717, 1.165) is 47.7 Å². The summed E-state index contributed by atoms with van der Waals surface area (Å²) < 4.78 is 5.39. The summed E-state index contributed by atoms with van der Waals surface area (Å²) >= 11 is 0. The molecule has 1 atom stereocenters. The summed E-state index contributed by atoms with van der Waals surface area (Å²) in [4.78, 5) is 4.59. The van der Waals surface area contributed by atoms with Crippen LogP contribution < -0.4 is 5.32 Å². The summed E-state index contributed by atoms with van der Waals surface area (Å²) in [5.74, 6) is 6.44. The predicted molar refractivity (Wildman–Crippen MR) is 76.0 cm³/mol. The predicted octanol–water partition coefficient (Wildman–Crippen LogP) is 2.96. The summed E-state index contributed by atoms with van der Waals surface area (Å²) in [6, 6.07) is 0.148. The first-order chi connectivity index (χ1) is 9.72. The molecule has 110 valence electrons. The summed E-state index contributed by atoms with van der Waals surface area (Å²) in [5, 5.41) is 7.36. The van der Waals surface area contributed by atoms with E-state index in [1.54, 1.807) is 0 Å². The Morgan fingerprint density at radius 1 is 1.15 bits per heavy atom. The standard InChI is InChI=1S/C16H25N3O/c1-9(17-2)16-18-15(19-20-16)8-14-12-4-10-3-11(6-12)7-13(14)5-10/h9-14,17H,3-8H2,1-2H3. The first-order valence-electron chi connectivity index (χ1n) is 8.22. The number of rotatable bonds is 4. The lowest BCUT2D eigenvalue weighted by atomic mass is 9.51. The molecule has 0 amide bonds. The van der Waals surface area contributed by atoms with Gasteiger partial charge < -0.3 is 9.84 Å². The van der Waals surface area contributed by atoms with Gasteiger partial charge >= 0.3 is 0 Å². The summed E-state index contributed by atoms with van der Waals surface area (Å²) in [5.41, 5.74) is 0. The van der Waals surface area contributed by atoms with Crippen LogP contribution in [-0.2, 0) is 6.42 Å². The molecular weight excluding hydrogens is 250 g/mol. The molecule has 4 saturated carbocycles. The Hall–Kier alpha value is -0.900. The Labute approximate surface area is 120 Å². The van der Waals surface area contributed by atoms with Gasteiger partial charge in [-0.25, -0.2) is 0 Å². The number of nitrogens with one attached hydrogen (secondary N) is 1. The zero-order valence-corrected chi connectivity index (χ0v) is 12.5. The minimum atomic E-state index is 0.148. The van der Waals surface area contributed by atoms with Crippen molar-refractivity contribution in [1.82, 2.24) is 15.5 Å². The average molecular weight is 275 g/mol. The van der Waals surface area contributed by atoms with Crippen molar-refractivity contribution in [3.8, 4) is 0 Å². The highest BCUT2D eigenvalue weighted by Gasteiger charge is 2.48. The molecule has 4 fully saturated rings. The lowest BCUT2D eigenvalue weighted by Crippen LogP contribution is -2.45. The molecule has 1 N–H and O–H groups in total. The molecule has 4 heteroatoms. The van der Waals surface area contributed by atoms with E-state index in [2.05, 4.69) is 22.4 Å². The third-order valence-corrected chi connectivity index (χ3v) is 6.13. The van der Waals surface area contributed by atoms with E-state index in [0.29, 0.717) is 0 Å². The summed E-state index contributed by atoms with van der Waals surface area (Å²) in [7, 11) is 1.92. The Balaban J connectivity index is 1.48. The molecule has 0 aromatic carbocycles. The molecule has 0 aliphatic heterocycles. The van der Waals surface area contributed by atoms with Gasteiger partial charge in [-0.05, 0) is 75.7 Å². The highest BCUT2D eigenvalue weighted by Crippen LogP contribution is 2.57. The SMILES string of the molecule is CNC(C)c1nc(CC2C3CC4CC(C3)CC2C4)no1. The molecule has 0 radical (unpaired) electrons. The fourth-order valence-corrected chi connectivity index (χ4v) is 5.23. The quantitative estimate of drug-likeness (QED) is 0.918. The van der Waals surface area contributed by atoms with E-state index in [-0.39, 0.29) is 6.04 Å². The number of aromatic nitrogens is 2. The van der Waals surface area contributed by atoms with Gasteiger partial charge in [0, 0.05) is 6.42 Å². The zero-order chi connectivity index (χ0) is 13.7. The van der Waals surface area contributed by atoms with Crippen LogP contribution in [0, 0.1) is 29.6 Å². The first-order valence-corrected chi connectivity index (χ1v) is 8.22. The second-order valence-electron chi connectivity index (χ2n) is 7.36. The van der Waals surface area contributed by atoms with Crippen LogP contribution in [0.4, 0.5) is 0 Å². The van der Waals surface area contributed by atoms with Crippen molar-refractivity contribution in [1.29, 1.82) is 0 Å². The second-order valence-corrected chi connectivity index (χ2v) is 7.36. The lowest BCUT2D eigenvalue weighted by molar-refractivity contribution is -0.0368.